The van der Waals surface area contributed by atoms with Gasteiger partial charge in [-0.25, -0.2) is 0 Å². The fourth-order valence-electron chi connectivity index (χ4n) is 8.80. The molecule has 3 aromatic carbocycles. The number of aromatic nitrogens is 1. The van der Waals surface area contributed by atoms with Crippen LogP contribution in [0.4, 0.5) is 0 Å². The number of aryl methyl sites for hydroxylation is 1. The molecule has 0 aliphatic heterocycles. The molecule has 1 aromatic heterocycles. The zero-order valence-electron chi connectivity index (χ0n) is 27.0. The first kappa shape index (κ1) is 28.2. The molecule has 0 amide bonds. The van der Waals surface area contributed by atoms with E-state index in [-0.39, 0.29) is 0 Å². The second kappa shape index (κ2) is 11.7. The summed E-state index contributed by atoms with van der Waals surface area (Å²) in [6.07, 6.45) is 27.5. The molecule has 1 heteroatoms. The number of nitrogens with zero attached hydrogens (tertiary/aromatic N) is 1. The molecule has 0 saturated carbocycles. The number of hydrogen-bond acceptors (Lipinski definition) is 1. The van der Waals surface area contributed by atoms with Crippen LogP contribution in [0.25, 0.3) is 40.0 Å². The van der Waals surface area contributed by atoms with E-state index in [2.05, 4.69) is 141 Å². The third-order valence-corrected chi connectivity index (χ3v) is 11.0. The Bertz CT molecular complexity index is 2460. The molecule has 0 fully saturated rings. The van der Waals surface area contributed by atoms with Crippen molar-refractivity contribution in [2.75, 3.05) is 0 Å². The Morgan fingerprint density at radius 1 is 0.574 bits per heavy atom. The van der Waals surface area contributed by atoms with Gasteiger partial charge >= 0.3 is 0 Å². The number of rotatable bonds is 4. The van der Waals surface area contributed by atoms with Gasteiger partial charge in [-0.3, -0.25) is 4.98 Å². The van der Waals surface area contributed by atoms with Crippen LogP contribution in [0.2, 0.25) is 0 Å². The van der Waals surface area contributed by atoms with Crippen molar-refractivity contribution in [1.82, 2.24) is 4.98 Å². The van der Waals surface area contributed by atoms with Crippen molar-refractivity contribution >= 4 is 40.0 Å². The molecule has 2 atom stereocenters. The normalized spacial score (nSPS) is 21.0. The van der Waals surface area contributed by atoms with E-state index in [1.807, 2.05) is 0 Å². The maximum Gasteiger partial charge on any atom is 0.0668 e. The second-order valence-corrected chi connectivity index (χ2v) is 13.6. The maximum atomic E-state index is 5.00. The highest BCUT2D eigenvalue weighted by Crippen LogP contribution is 2.43. The van der Waals surface area contributed by atoms with Crippen LogP contribution in [-0.2, 0) is 0 Å². The third-order valence-electron chi connectivity index (χ3n) is 11.0. The van der Waals surface area contributed by atoms with Gasteiger partial charge in [-0.15, -0.1) is 0 Å². The van der Waals surface area contributed by atoms with Crippen molar-refractivity contribution in [3.8, 4) is 0 Å². The van der Waals surface area contributed by atoms with Crippen molar-refractivity contribution in [2.45, 2.75) is 45.4 Å². The van der Waals surface area contributed by atoms with Gasteiger partial charge in [-0.1, -0.05) is 121 Å². The average Bonchev–Trinajstić information content (AvgIpc) is 3.14. The minimum atomic E-state index is 0.339. The van der Waals surface area contributed by atoms with E-state index >= 15 is 0 Å². The van der Waals surface area contributed by atoms with Crippen LogP contribution >= 0.6 is 0 Å². The van der Waals surface area contributed by atoms with E-state index in [0.29, 0.717) is 11.8 Å². The summed E-state index contributed by atoms with van der Waals surface area (Å²) in [4.78, 5) is 5.00. The van der Waals surface area contributed by atoms with Gasteiger partial charge in [-0.2, -0.15) is 0 Å². The van der Waals surface area contributed by atoms with Gasteiger partial charge in [0.1, 0.15) is 0 Å². The van der Waals surface area contributed by atoms with Gasteiger partial charge < -0.3 is 0 Å². The minimum Gasteiger partial charge on any atom is -0.256 e. The molecular formula is C46H39N. The van der Waals surface area contributed by atoms with E-state index in [4.69, 9.17) is 4.98 Å². The van der Waals surface area contributed by atoms with E-state index in [9.17, 15) is 0 Å². The summed E-state index contributed by atoms with van der Waals surface area (Å²) < 4.78 is 0. The predicted octanol–water partition coefficient (Wildman–Crippen LogP) is 6.07. The molecule has 5 aliphatic rings. The SMILES string of the molecule is Cc1cccc2c1=CCCC=2C1=c2ccccc2=C(C2=CC=C(c3ccc(C4=c5ccccc5=CCC4)nc3)CC2)C2C=CC=CC12. The van der Waals surface area contributed by atoms with Crippen LogP contribution in [0.1, 0.15) is 55.3 Å². The first-order valence-electron chi connectivity index (χ1n) is 17.4. The number of fused-ring (bicyclic) bond motifs is 4. The fourth-order valence-corrected chi connectivity index (χ4v) is 8.80. The summed E-state index contributed by atoms with van der Waals surface area (Å²) >= 11 is 0. The highest BCUT2D eigenvalue weighted by atomic mass is 14.7. The Morgan fingerprint density at radius 3 is 2.04 bits per heavy atom. The summed E-state index contributed by atoms with van der Waals surface area (Å²) in [6.45, 7) is 2.26. The molecule has 228 valence electrons. The topological polar surface area (TPSA) is 12.9 Å². The van der Waals surface area contributed by atoms with Crippen molar-refractivity contribution in [3.05, 3.63) is 175 Å². The summed E-state index contributed by atoms with van der Waals surface area (Å²) in [7, 11) is 0. The number of benzene rings is 3. The number of hydrogen-bond donors (Lipinski definition) is 0. The third kappa shape index (κ3) is 4.80. The molecular weight excluding hydrogens is 567 g/mol. The van der Waals surface area contributed by atoms with Gasteiger partial charge in [0.15, 0.2) is 0 Å². The van der Waals surface area contributed by atoms with Crippen LogP contribution in [-0.4, -0.2) is 4.98 Å². The molecule has 0 saturated heterocycles. The smallest absolute Gasteiger partial charge is 0.0668 e. The van der Waals surface area contributed by atoms with Crippen LogP contribution in [0.5, 0.6) is 0 Å². The van der Waals surface area contributed by atoms with Crippen LogP contribution < -0.4 is 31.3 Å². The van der Waals surface area contributed by atoms with Gasteiger partial charge in [0, 0.05) is 18.0 Å². The highest BCUT2D eigenvalue weighted by Gasteiger charge is 2.34. The number of pyridine rings is 1. The largest absolute Gasteiger partial charge is 0.256 e. The quantitative estimate of drug-likeness (QED) is 0.276. The van der Waals surface area contributed by atoms with Crippen LogP contribution in [0.3, 0.4) is 0 Å². The zero-order chi connectivity index (χ0) is 31.3. The lowest BCUT2D eigenvalue weighted by molar-refractivity contribution is 0.681. The average molecular weight is 606 g/mol. The molecule has 9 rings (SSSR count). The molecule has 4 aromatic rings. The Labute approximate surface area is 276 Å². The second-order valence-electron chi connectivity index (χ2n) is 13.6. The maximum absolute atomic E-state index is 5.00. The van der Waals surface area contributed by atoms with E-state index < -0.39 is 0 Å². The zero-order valence-corrected chi connectivity index (χ0v) is 27.0. The van der Waals surface area contributed by atoms with Crippen molar-refractivity contribution in [1.29, 1.82) is 0 Å². The lowest BCUT2D eigenvalue weighted by Gasteiger charge is -2.36. The molecule has 0 N–H and O–H groups in total. The first-order valence-corrected chi connectivity index (χ1v) is 17.4. The van der Waals surface area contributed by atoms with Gasteiger partial charge in [0.2, 0.25) is 0 Å². The van der Waals surface area contributed by atoms with E-state index in [1.165, 1.54) is 75.9 Å². The predicted molar refractivity (Wildman–Crippen MR) is 197 cm³/mol. The van der Waals surface area contributed by atoms with Crippen molar-refractivity contribution in [3.63, 3.8) is 0 Å². The molecule has 47 heavy (non-hydrogen) atoms. The van der Waals surface area contributed by atoms with Gasteiger partial charge in [0.25, 0.3) is 0 Å². The molecule has 5 aliphatic carbocycles. The lowest BCUT2D eigenvalue weighted by Crippen LogP contribution is -2.42. The Balaban J connectivity index is 1.15. The van der Waals surface area contributed by atoms with Gasteiger partial charge in [0.05, 0.1) is 5.69 Å². The lowest BCUT2D eigenvalue weighted by atomic mass is 9.68. The van der Waals surface area contributed by atoms with Crippen molar-refractivity contribution < 1.29 is 0 Å². The summed E-state index contributed by atoms with van der Waals surface area (Å²) in [5.41, 5.74) is 12.5. The van der Waals surface area contributed by atoms with E-state index in [1.54, 1.807) is 0 Å². The molecule has 1 heterocycles. The molecule has 0 bridgehead atoms. The summed E-state index contributed by atoms with van der Waals surface area (Å²) in [5, 5.41) is 8.35. The Morgan fingerprint density at radius 2 is 1.26 bits per heavy atom. The van der Waals surface area contributed by atoms with E-state index in [0.717, 1.165) is 44.2 Å². The minimum absolute atomic E-state index is 0.339. The monoisotopic (exact) mass is 605 g/mol. The van der Waals surface area contributed by atoms with Gasteiger partial charge in [-0.05, 0) is 127 Å². The van der Waals surface area contributed by atoms with Crippen LogP contribution in [0, 0.1) is 18.8 Å². The standard InChI is InChI=1S/C46H39N/c1-30-11-8-20-37-35(30)19-10-22-39(37)46-42-17-6-4-15-40(42)45(41-16-5-7-18-43(41)46)33-25-23-31(24-26-33)34-27-28-44(47-29-34)38-21-9-13-32-12-2-3-14-36(32)38/h2-8,11-20,23,25,27-29,40,42H,9-10,21-22,24,26H2,1H3. The first-order chi connectivity index (χ1) is 23.2. The molecule has 0 radical (unpaired) electrons. The highest BCUT2D eigenvalue weighted by molar-refractivity contribution is 5.94. The van der Waals surface area contributed by atoms with Crippen LogP contribution in [0.15, 0.2) is 127 Å². The Hall–Kier alpha value is -5.01. The molecule has 2 unspecified atom stereocenters. The Kier molecular flexibility index (Phi) is 7.00. The number of allylic oxidation sites excluding steroid dienone is 8. The summed E-state index contributed by atoms with van der Waals surface area (Å²) in [6, 6.07) is 29.3. The van der Waals surface area contributed by atoms with Crippen molar-refractivity contribution in [2.24, 2.45) is 11.8 Å². The molecule has 0 spiro atoms. The molecule has 1 nitrogen and oxygen atoms in total. The fraction of sp³-hybridized carbons (Fsp3) is 0.196. The summed E-state index contributed by atoms with van der Waals surface area (Å²) in [5.74, 6) is 0.681.